The molecule has 0 aromatic carbocycles. The summed E-state index contributed by atoms with van der Waals surface area (Å²) in [5, 5.41) is 0.927. The molecule has 0 fully saturated rings. The smallest absolute Gasteiger partial charge is 0.194 e. The fourth-order valence-corrected chi connectivity index (χ4v) is 2.33. The van der Waals surface area contributed by atoms with E-state index in [0.717, 1.165) is 5.75 Å². The molecule has 0 aliphatic rings. The van der Waals surface area contributed by atoms with Crippen LogP contribution in [0.4, 0.5) is 0 Å². The van der Waals surface area contributed by atoms with Gasteiger partial charge in [-0.05, 0) is 18.7 Å². The molecule has 0 radical (unpaired) electrons. The van der Waals surface area contributed by atoms with Gasteiger partial charge < -0.3 is 4.42 Å². The molecule has 2 heterocycles. The maximum absolute atomic E-state index is 12.0. The Balaban J connectivity index is 2.84. The molecule has 0 unspecified atom stereocenters. The molecule has 2 rings (SSSR count). The molecule has 18 heavy (non-hydrogen) atoms. The van der Waals surface area contributed by atoms with E-state index in [1.165, 1.54) is 24.8 Å². The molecular formula is C13H13NO3S. The van der Waals surface area contributed by atoms with Crippen LogP contribution < -0.4 is 5.43 Å². The average Bonchev–Trinajstić information content (AvgIpc) is 2.29. The summed E-state index contributed by atoms with van der Waals surface area (Å²) >= 11 is 1.42. The lowest BCUT2D eigenvalue weighted by Crippen LogP contribution is -2.07. The third-order valence-corrected chi connectivity index (χ3v) is 3.21. The Hall–Kier alpha value is -1.62. The number of carbonyl (C=O) groups excluding carboxylic acids is 1. The normalized spacial score (nSPS) is 10.8. The maximum Gasteiger partial charge on any atom is 0.194 e. The van der Waals surface area contributed by atoms with Crippen LogP contribution in [-0.2, 0) is 0 Å². The largest absolute Gasteiger partial charge is 0.447 e. The van der Waals surface area contributed by atoms with E-state index in [-0.39, 0.29) is 22.5 Å². The Morgan fingerprint density at radius 1 is 1.44 bits per heavy atom. The summed E-state index contributed by atoms with van der Waals surface area (Å²) in [6.07, 6.45) is 0. The first kappa shape index (κ1) is 12.8. The van der Waals surface area contributed by atoms with Gasteiger partial charge in [0, 0.05) is 18.7 Å². The zero-order valence-corrected chi connectivity index (χ0v) is 11.3. The van der Waals surface area contributed by atoms with Crippen molar-refractivity contribution in [2.24, 2.45) is 0 Å². The van der Waals surface area contributed by atoms with Gasteiger partial charge in [0.05, 0.1) is 5.39 Å². The highest BCUT2D eigenvalue weighted by Gasteiger charge is 2.14. The lowest BCUT2D eigenvalue weighted by molar-refractivity contribution is 0.101. The Morgan fingerprint density at radius 3 is 2.78 bits per heavy atom. The summed E-state index contributed by atoms with van der Waals surface area (Å²) in [4.78, 5) is 27.7. The number of aryl methyl sites for hydroxylation is 1. The van der Waals surface area contributed by atoms with Gasteiger partial charge in [-0.2, -0.15) is 0 Å². The fourth-order valence-electron chi connectivity index (χ4n) is 1.71. The molecule has 2 aromatic rings. The molecule has 94 valence electrons. The highest BCUT2D eigenvalue weighted by molar-refractivity contribution is 7.99. The van der Waals surface area contributed by atoms with E-state index in [1.54, 1.807) is 13.0 Å². The number of thioether (sulfide) groups is 1. The third-order valence-electron chi connectivity index (χ3n) is 2.44. The van der Waals surface area contributed by atoms with Crippen LogP contribution in [-0.4, -0.2) is 16.5 Å². The highest BCUT2D eigenvalue weighted by Crippen LogP contribution is 2.23. The SMILES string of the molecule is CCSc1cc(=O)c2cc(C)nc(C(C)=O)c2o1. The Morgan fingerprint density at radius 2 is 2.17 bits per heavy atom. The van der Waals surface area contributed by atoms with Crippen molar-refractivity contribution in [3.63, 3.8) is 0 Å². The van der Waals surface area contributed by atoms with Gasteiger partial charge in [-0.15, -0.1) is 0 Å². The number of carbonyl (C=O) groups is 1. The molecule has 0 aliphatic heterocycles. The highest BCUT2D eigenvalue weighted by atomic mass is 32.2. The molecule has 0 N–H and O–H groups in total. The standard InChI is InChI=1S/C13H13NO3S/c1-4-18-11-6-10(16)9-5-7(2)14-12(8(3)15)13(9)17-11/h5-6H,4H2,1-3H3. The first-order valence-corrected chi connectivity index (χ1v) is 6.60. The van der Waals surface area contributed by atoms with E-state index in [0.29, 0.717) is 16.2 Å². The second-order valence-corrected chi connectivity index (χ2v) is 5.18. The number of fused-ring (bicyclic) bond motifs is 1. The molecule has 0 spiro atoms. The zero-order valence-electron chi connectivity index (χ0n) is 10.4. The van der Waals surface area contributed by atoms with E-state index in [1.807, 2.05) is 6.92 Å². The van der Waals surface area contributed by atoms with Crippen LogP contribution in [0.1, 0.15) is 30.0 Å². The minimum atomic E-state index is -0.203. The molecule has 0 saturated carbocycles. The van der Waals surface area contributed by atoms with Crippen molar-refractivity contribution in [3.05, 3.63) is 33.7 Å². The van der Waals surface area contributed by atoms with Crippen molar-refractivity contribution in [2.75, 3.05) is 5.75 Å². The van der Waals surface area contributed by atoms with Crippen LogP contribution in [0.15, 0.2) is 26.4 Å². The second-order valence-electron chi connectivity index (χ2n) is 3.91. The number of hydrogen-bond acceptors (Lipinski definition) is 5. The van der Waals surface area contributed by atoms with Crippen LogP contribution in [0.25, 0.3) is 11.0 Å². The summed E-state index contributed by atoms with van der Waals surface area (Å²) in [6.45, 7) is 5.13. The fraction of sp³-hybridized carbons (Fsp3) is 0.308. The van der Waals surface area contributed by atoms with Gasteiger partial charge in [-0.3, -0.25) is 9.59 Å². The van der Waals surface area contributed by atoms with Crippen LogP contribution in [0.2, 0.25) is 0 Å². The van der Waals surface area contributed by atoms with E-state index in [9.17, 15) is 9.59 Å². The number of aromatic nitrogens is 1. The van der Waals surface area contributed by atoms with Crippen molar-refractivity contribution in [3.8, 4) is 0 Å². The van der Waals surface area contributed by atoms with Gasteiger partial charge >= 0.3 is 0 Å². The van der Waals surface area contributed by atoms with Gasteiger partial charge in [-0.1, -0.05) is 18.7 Å². The zero-order chi connectivity index (χ0) is 13.3. The third kappa shape index (κ3) is 2.31. The Labute approximate surface area is 108 Å². The lowest BCUT2D eigenvalue weighted by Gasteiger charge is -2.05. The molecule has 0 bridgehead atoms. The number of ketones is 1. The number of Topliss-reactive ketones (excluding diaryl/α,β-unsaturated/α-hetero) is 1. The monoisotopic (exact) mass is 263 g/mol. The predicted octanol–water partition coefficient (Wildman–Crippen LogP) is 2.81. The van der Waals surface area contributed by atoms with Gasteiger partial charge in [0.1, 0.15) is 5.69 Å². The predicted molar refractivity (Wildman–Crippen MR) is 71.4 cm³/mol. The van der Waals surface area contributed by atoms with Crippen molar-refractivity contribution >= 4 is 28.5 Å². The van der Waals surface area contributed by atoms with Gasteiger partial charge in [0.25, 0.3) is 0 Å². The van der Waals surface area contributed by atoms with Crippen molar-refractivity contribution in [2.45, 2.75) is 25.9 Å². The first-order chi connectivity index (χ1) is 8.52. The summed E-state index contributed by atoms with van der Waals surface area (Å²) in [7, 11) is 0. The van der Waals surface area contributed by atoms with Crippen LogP contribution in [0, 0.1) is 6.92 Å². The van der Waals surface area contributed by atoms with Gasteiger partial charge in [0.15, 0.2) is 21.9 Å². The van der Waals surface area contributed by atoms with Gasteiger partial charge in [0.2, 0.25) is 0 Å². The minimum Gasteiger partial charge on any atom is -0.447 e. The van der Waals surface area contributed by atoms with E-state index >= 15 is 0 Å². The topological polar surface area (TPSA) is 60.2 Å². The molecule has 2 aromatic heterocycles. The Kier molecular flexibility index (Phi) is 3.52. The summed E-state index contributed by atoms with van der Waals surface area (Å²) in [6, 6.07) is 3.11. The molecule has 5 heteroatoms. The van der Waals surface area contributed by atoms with Crippen LogP contribution in [0.3, 0.4) is 0 Å². The van der Waals surface area contributed by atoms with Crippen molar-refractivity contribution < 1.29 is 9.21 Å². The van der Waals surface area contributed by atoms with E-state index in [4.69, 9.17) is 4.42 Å². The molecule has 0 atom stereocenters. The van der Waals surface area contributed by atoms with E-state index < -0.39 is 0 Å². The lowest BCUT2D eigenvalue weighted by atomic mass is 10.1. The second kappa shape index (κ2) is 4.94. The summed E-state index contributed by atoms with van der Waals surface area (Å²) in [5.74, 6) is 0.592. The number of rotatable bonds is 3. The van der Waals surface area contributed by atoms with Crippen molar-refractivity contribution in [1.82, 2.24) is 4.98 Å². The first-order valence-electron chi connectivity index (χ1n) is 5.62. The van der Waals surface area contributed by atoms with Crippen LogP contribution in [0.5, 0.6) is 0 Å². The maximum atomic E-state index is 12.0. The number of hydrogen-bond donors (Lipinski definition) is 0. The quantitative estimate of drug-likeness (QED) is 0.629. The summed E-state index contributed by atoms with van der Waals surface area (Å²) < 4.78 is 5.61. The number of nitrogens with zero attached hydrogens (tertiary/aromatic N) is 1. The minimum absolute atomic E-state index is 0.139. The molecular weight excluding hydrogens is 250 g/mol. The number of pyridine rings is 1. The molecule has 0 saturated heterocycles. The molecule has 0 aliphatic carbocycles. The summed E-state index contributed by atoms with van der Waals surface area (Å²) in [5.41, 5.74) is 1.01. The van der Waals surface area contributed by atoms with E-state index in [2.05, 4.69) is 4.98 Å². The van der Waals surface area contributed by atoms with Crippen molar-refractivity contribution in [1.29, 1.82) is 0 Å². The molecule has 4 nitrogen and oxygen atoms in total. The van der Waals surface area contributed by atoms with Gasteiger partial charge in [-0.25, -0.2) is 4.98 Å². The van der Waals surface area contributed by atoms with Crippen LogP contribution >= 0.6 is 11.8 Å². The molecule has 0 amide bonds. The average molecular weight is 263 g/mol. The Bertz CT molecular complexity index is 676.